The molecule has 0 aliphatic heterocycles. The molecule has 0 radical (unpaired) electrons. The minimum atomic E-state index is 0.0142. The molecule has 0 aliphatic carbocycles. The van der Waals surface area contributed by atoms with Crippen LogP contribution in [0.5, 0.6) is 0 Å². The number of nitrogens with one attached hydrogen (secondary N) is 1. The normalized spacial score (nSPS) is 11.3. The Hall–Kier alpha value is -1.55. The molecule has 2 aromatic rings. The summed E-state index contributed by atoms with van der Waals surface area (Å²) in [6.45, 7) is 7.17. The monoisotopic (exact) mass is 307 g/mol. The molecule has 1 amide bonds. The molecule has 1 N–H and O–H groups in total. The van der Waals surface area contributed by atoms with Gasteiger partial charge in [-0.05, 0) is 24.5 Å². The zero-order chi connectivity index (χ0) is 15.4. The predicted octanol–water partition coefficient (Wildman–Crippen LogP) is 2.90. The van der Waals surface area contributed by atoms with Crippen LogP contribution in [-0.4, -0.2) is 27.9 Å². The third kappa shape index (κ3) is 3.76. The van der Waals surface area contributed by atoms with E-state index in [-0.39, 0.29) is 5.91 Å². The highest BCUT2D eigenvalue weighted by molar-refractivity contribution is 6.17. The van der Waals surface area contributed by atoms with Gasteiger partial charge >= 0.3 is 0 Å². The maximum absolute atomic E-state index is 12.1. The van der Waals surface area contributed by atoms with Crippen LogP contribution in [0.2, 0.25) is 0 Å². The van der Waals surface area contributed by atoms with E-state index in [0.717, 1.165) is 22.4 Å². The van der Waals surface area contributed by atoms with Crippen LogP contribution in [-0.2, 0) is 17.8 Å². The van der Waals surface area contributed by atoms with Gasteiger partial charge in [0.1, 0.15) is 12.4 Å². The predicted molar refractivity (Wildman–Crippen MR) is 86.7 cm³/mol. The van der Waals surface area contributed by atoms with E-state index in [1.165, 1.54) is 0 Å². The Morgan fingerprint density at radius 1 is 1.43 bits per heavy atom. The number of aromatic nitrogens is 2. The van der Waals surface area contributed by atoms with Crippen LogP contribution in [0.1, 0.15) is 25.2 Å². The number of amides is 1. The van der Waals surface area contributed by atoms with E-state index in [0.29, 0.717) is 31.3 Å². The molecule has 0 saturated heterocycles. The van der Waals surface area contributed by atoms with E-state index in [9.17, 15) is 4.79 Å². The molecule has 1 aromatic carbocycles. The van der Waals surface area contributed by atoms with Crippen molar-refractivity contribution in [1.82, 2.24) is 14.9 Å². The summed E-state index contributed by atoms with van der Waals surface area (Å²) in [7, 11) is 0. The number of carbonyl (C=O) groups excluding carboxylic acids is 1. The lowest BCUT2D eigenvalue weighted by molar-refractivity contribution is -0.121. The van der Waals surface area contributed by atoms with Crippen molar-refractivity contribution in [3.05, 3.63) is 29.6 Å². The number of nitrogens with zero attached hydrogens (tertiary/aromatic N) is 2. The van der Waals surface area contributed by atoms with Gasteiger partial charge in [-0.3, -0.25) is 4.79 Å². The molecule has 0 aliphatic rings. The molecule has 0 saturated carbocycles. The van der Waals surface area contributed by atoms with Crippen molar-refractivity contribution in [3.8, 4) is 0 Å². The van der Waals surface area contributed by atoms with E-state index < -0.39 is 0 Å². The second-order valence-corrected chi connectivity index (χ2v) is 6.07. The lowest BCUT2D eigenvalue weighted by atomic mass is 10.2. The average molecular weight is 308 g/mol. The highest BCUT2D eigenvalue weighted by atomic mass is 35.5. The third-order valence-corrected chi connectivity index (χ3v) is 3.58. The number of alkyl halides is 1. The Morgan fingerprint density at radius 3 is 2.86 bits per heavy atom. The van der Waals surface area contributed by atoms with Gasteiger partial charge in [-0.15, -0.1) is 11.6 Å². The van der Waals surface area contributed by atoms with E-state index in [4.69, 9.17) is 11.6 Å². The maximum atomic E-state index is 12.1. The molecule has 1 aromatic heterocycles. The number of carbonyl (C=O) groups is 1. The SMILES string of the molecule is Cc1cccc2c1nc(CCCl)n2CC(=O)NCC(C)C. The highest BCUT2D eigenvalue weighted by Crippen LogP contribution is 2.20. The summed E-state index contributed by atoms with van der Waals surface area (Å²) in [5.74, 6) is 1.82. The van der Waals surface area contributed by atoms with Gasteiger partial charge < -0.3 is 9.88 Å². The first-order valence-electron chi connectivity index (χ1n) is 7.30. The molecule has 1 heterocycles. The Labute approximate surface area is 130 Å². The van der Waals surface area contributed by atoms with Crippen molar-refractivity contribution < 1.29 is 4.79 Å². The van der Waals surface area contributed by atoms with Gasteiger partial charge in [0.25, 0.3) is 0 Å². The van der Waals surface area contributed by atoms with Gasteiger partial charge in [0, 0.05) is 18.8 Å². The number of fused-ring (bicyclic) bond motifs is 1. The largest absolute Gasteiger partial charge is 0.354 e. The molecule has 0 spiro atoms. The second-order valence-electron chi connectivity index (χ2n) is 5.69. The Balaban J connectivity index is 2.30. The van der Waals surface area contributed by atoms with Crippen LogP contribution in [0.4, 0.5) is 0 Å². The molecular weight excluding hydrogens is 286 g/mol. The molecule has 0 bridgehead atoms. The van der Waals surface area contributed by atoms with Crippen molar-refractivity contribution >= 4 is 28.5 Å². The van der Waals surface area contributed by atoms with Gasteiger partial charge in [0.15, 0.2) is 0 Å². The summed E-state index contributed by atoms with van der Waals surface area (Å²) >= 11 is 5.86. The van der Waals surface area contributed by atoms with E-state index in [2.05, 4.69) is 24.1 Å². The van der Waals surface area contributed by atoms with Crippen LogP contribution in [0.3, 0.4) is 0 Å². The van der Waals surface area contributed by atoms with Gasteiger partial charge in [0.2, 0.25) is 5.91 Å². The lowest BCUT2D eigenvalue weighted by Crippen LogP contribution is -2.31. The zero-order valence-electron chi connectivity index (χ0n) is 12.8. The van der Waals surface area contributed by atoms with Crippen LogP contribution in [0, 0.1) is 12.8 Å². The van der Waals surface area contributed by atoms with Gasteiger partial charge in [-0.1, -0.05) is 26.0 Å². The number of halogens is 1. The smallest absolute Gasteiger partial charge is 0.240 e. The molecule has 0 fully saturated rings. The fourth-order valence-corrected chi connectivity index (χ4v) is 2.47. The van der Waals surface area contributed by atoms with Crippen LogP contribution >= 0.6 is 11.6 Å². The summed E-state index contributed by atoms with van der Waals surface area (Å²) < 4.78 is 1.97. The summed E-state index contributed by atoms with van der Waals surface area (Å²) in [5, 5.41) is 2.95. The fourth-order valence-electron chi connectivity index (χ4n) is 2.30. The van der Waals surface area contributed by atoms with Gasteiger partial charge in [-0.25, -0.2) is 4.98 Å². The summed E-state index contributed by atoms with van der Waals surface area (Å²) in [4.78, 5) is 16.8. The van der Waals surface area contributed by atoms with Crippen LogP contribution < -0.4 is 5.32 Å². The standard InChI is InChI=1S/C16H22ClN3O/c1-11(2)9-18-15(21)10-20-13-6-4-5-12(3)16(13)19-14(20)7-8-17/h4-6,11H,7-10H2,1-3H3,(H,18,21). The lowest BCUT2D eigenvalue weighted by Gasteiger charge is -2.11. The zero-order valence-corrected chi connectivity index (χ0v) is 13.6. The van der Waals surface area contributed by atoms with Crippen LogP contribution in [0.15, 0.2) is 18.2 Å². The molecule has 114 valence electrons. The third-order valence-electron chi connectivity index (χ3n) is 3.39. The van der Waals surface area contributed by atoms with Gasteiger partial charge in [0.05, 0.1) is 11.0 Å². The number of imidazole rings is 1. The number of aryl methyl sites for hydroxylation is 2. The van der Waals surface area contributed by atoms with Crippen LogP contribution in [0.25, 0.3) is 11.0 Å². The maximum Gasteiger partial charge on any atom is 0.240 e. The van der Waals surface area contributed by atoms with E-state index >= 15 is 0 Å². The number of para-hydroxylation sites is 1. The van der Waals surface area contributed by atoms with Crippen molar-refractivity contribution in [2.24, 2.45) is 5.92 Å². The van der Waals surface area contributed by atoms with E-state index in [1.807, 2.05) is 29.7 Å². The highest BCUT2D eigenvalue weighted by Gasteiger charge is 2.14. The first-order valence-corrected chi connectivity index (χ1v) is 7.83. The molecule has 0 atom stereocenters. The molecular formula is C16H22ClN3O. The topological polar surface area (TPSA) is 46.9 Å². The molecule has 5 heteroatoms. The number of rotatable bonds is 6. The number of hydrogen-bond acceptors (Lipinski definition) is 2. The quantitative estimate of drug-likeness (QED) is 0.834. The second kappa shape index (κ2) is 6.94. The molecule has 4 nitrogen and oxygen atoms in total. The first-order chi connectivity index (χ1) is 10.0. The summed E-state index contributed by atoms with van der Waals surface area (Å²) in [6.07, 6.45) is 0.660. The molecule has 0 unspecified atom stereocenters. The summed E-state index contributed by atoms with van der Waals surface area (Å²) in [5.41, 5.74) is 3.06. The summed E-state index contributed by atoms with van der Waals surface area (Å²) in [6, 6.07) is 6.03. The van der Waals surface area contributed by atoms with E-state index in [1.54, 1.807) is 0 Å². The minimum Gasteiger partial charge on any atom is -0.354 e. The molecule has 21 heavy (non-hydrogen) atoms. The first kappa shape index (κ1) is 15.8. The Bertz CT molecular complexity index is 634. The number of benzene rings is 1. The number of hydrogen-bond donors (Lipinski definition) is 1. The Kier molecular flexibility index (Phi) is 5.23. The van der Waals surface area contributed by atoms with Crippen molar-refractivity contribution in [3.63, 3.8) is 0 Å². The van der Waals surface area contributed by atoms with Crippen molar-refractivity contribution in [2.45, 2.75) is 33.7 Å². The van der Waals surface area contributed by atoms with Crippen molar-refractivity contribution in [2.75, 3.05) is 12.4 Å². The van der Waals surface area contributed by atoms with Crippen molar-refractivity contribution in [1.29, 1.82) is 0 Å². The minimum absolute atomic E-state index is 0.0142. The fraction of sp³-hybridized carbons (Fsp3) is 0.500. The molecule has 2 rings (SSSR count). The average Bonchev–Trinajstić information content (AvgIpc) is 2.77. The Morgan fingerprint density at radius 2 is 2.19 bits per heavy atom. The van der Waals surface area contributed by atoms with Gasteiger partial charge in [-0.2, -0.15) is 0 Å².